The minimum atomic E-state index is -0.0226. The van der Waals surface area contributed by atoms with E-state index in [2.05, 4.69) is 12.2 Å². The van der Waals surface area contributed by atoms with Crippen molar-refractivity contribution in [3.05, 3.63) is 0 Å². The van der Waals surface area contributed by atoms with Gasteiger partial charge in [-0.2, -0.15) is 0 Å². The molecule has 0 saturated heterocycles. The highest BCUT2D eigenvalue weighted by atomic mass is 16.1. The van der Waals surface area contributed by atoms with E-state index < -0.39 is 0 Å². The van der Waals surface area contributed by atoms with E-state index in [4.69, 9.17) is 0 Å². The first kappa shape index (κ1) is 10.1. The number of hydrogen-bond acceptors (Lipinski definition) is 2. The second kappa shape index (κ2) is 7.25. The van der Waals surface area contributed by atoms with Crippen molar-refractivity contribution in [1.82, 2.24) is 5.32 Å². The maximum Gasteiger partial charge on any atom is 0.220 e. The largest absolute Gasteiger partial charge is 0.356 e. The number of nitrogens with one attached hydrogen (secondary N) is 1. The third-order valence-electron chi connectivity index (χ3n) is 1.34. The molecule has 1 N–H and O–H groups in total. The summed E-state index contributed by atoms with van der Waals surface area (Å²) in [5.74, 6) is -0.0226. The summed E-state index contributed by atoms with van der Waals surface area (Å²) in [5.41, 5.74) is 0. The molecular formula is C8H15NO2. The summed E-state index contributed by atoms with van der Waals surface area (Å²) in [4.78, 5) is 20.7. The van der Waals surface area contributed by atoms with Crippen molar-refractivity contribution in [3.63, 3.8) is 0 Å². The van der Waals surface area contributed by atoms with Crippen molar-refractivity contribution in [2.75, 3.05) is 6.54 Å². The van der Waals surface area contributed by atoms with Crippen LogP contribution in [0, 0.1) is 0 Å². The van der Waals surface area contributed by atoms with Gasteiger partial charge in [0.1, 0.15) is 6.29 Å². The van der Waals surface area contributed by atoms with Gasteiger partial charge < -0.3 is 10.1 Å². The van der Waals surface area contributed by atoms with Gasteiger partial charge in [0.25, 0.3) is 0 Å². The zero-order valence-corrected chi connectivity index (χ0v) is 6.93. The van der Waals surface area contributed by atoms with E-state index in [1.807, 2.05) is 0 Å². The molecule has 11 heavy (non-hydrogen) atoms. The highest BCUT2D eigenvalue weighted by Crippen LogP contribution is 1.86. The molecule has 0 radical (unpaired) electrons. The van der Waals surface area contributed by atoms with Crippen molar-refractivity contribution in [1.29, 1.82) is 0 Å². The summed E-state index contributed by atoms with van der Waals surface area (Å²) in [6.07, 6.45) is 3.51. The minimum Gasteiger partial charge on any atom is -0.356 e. The van der Waals surface area contributed by atoms with Gasteiger partial charge in [0.15, 0.2) is 0 Å². The van der Waals surface area contributed by atoms with E-state index in [-0.39, 0.29) is 5.91 Å². The Bertz CT molecular complexity index is 123. The molecule has 64 valence electrons. The van der Waals surface area contributed by atoms with Gasteiger partial charge in [0.05, 0.1) is 0 Å². The van der Waals surface area contributed by atoms with Gasteiger partial charge in [-0.15, -0.1) is 0 Å². The lowest BCUT2D eigenvalue weighted by molar-refractivity contribution is -0.122. The van der Waals surface area contributed by atoms with E-state index in [9.17, 15) is 9.59 Å². The molecule has 0 fully saturated rings. The zero-order valence-electron chi connectivity index (χ0n) is 6.93. The molecule has 0 heterocycles. The van der Waals surface area contributed by atoms with Gasteiger partial charge in [-0.25, -0.2) is 0 Å². The smallest absolute Gasteiger partial charge is 0.220 e. The molecule has 3 nitrogen and oxygen atoms in total. The van der Waals surface area contributed by atoms with Crippen LogP contribution in [0.5, 0.6) is 0 Å². The molecule has 0 rings (SSSR count). The topological polar surface area (TPSA) is 46.2 Å². The van der Waals surface area contributed by atoms with Crippen LogP contribution < -0.4 is 5.32 Å². The number of unbranched alkanes of at least 4 members (excludes halogenated alkanes) is 1. The highest BCUT2D eigenvalue weighted by Gasteiger charge is 1.97. The van der Waals surface area contributed by atoms with Crippen LogP contribution in [-0.2, 0) is 9.59 Å². The second-order valence-corrected chi connectivity index (χ2v) is 2.41. The van der Waals surface area contributed by atoms with Gasteiger partial charge in [0, 0.05) is 19.4 Å². The monoisotopic (exact) mass is 157 g/mol. The first-order valence-electron chi connectivity index (χ1n) is 4.01. The number of rotatable bonds is 6. The summed E-state index contributed by atoms with van der Waals surface area (Å²) < 4.78 is 0. The summed E-state index contributed by atoms with van der Waals surface area (Å²) in [5, 5.41) is 2.72. The highest BCUT2D eigenvalue weighted by molar-refractivity contribution is 5.77. The van der Waals surface area contributed by atoms with Crippen molar-refractivity contribution in [2.45, 2.75) is 32.6 Å². The summed E-state index contributed by atoms with van der Waals surface area (Å²) in [7, 11) is 0. The number of carbonyl (C=O) groups is 2. The third-order valence-corrected chi connectivity index (χ3v) is 1.34. The summed E-state index contributed by atoms with van der Waals surface area (Å²) >= 11 is 0. The third kappa shape index (κ3) is 7.03. The Labute approximate surface area is 67.2 Å². The molecule has 0 unspecified atom stereocenters. The Morgan fingerprint density at radius 1 is 1.55 bits per heavy atom. The predicted molar refractivity (Wildman–Crippen MR) is 43.2 cm³/mol. The summed E-state index contributed by atoms with van der Waals surface area (Å²) in [6, 6.07) is 0. The van der Waals surface area contributed by atoms with Crippen molar-refractivity contribution < 1.29 is 9.59 Å². The Kier molecular flexibility index (Phi) is 6.68. The quantitative estimate of drug-likeness (QED) is 0.459. The van der Waals surface area contributed by atoms with Crippen molar-refractivity contribution in [2.24, 2.45) is 0 Å². The lowest BCUT2D eigenvalue weighted by atomic mass is 10.3. The maximum absolute atomic E-state index is 10.8. The Balaban J connectivity index is 3.15. The molecule has 0 aliphatic rings. The molecule has 0 aromatic carbocycles. The van der Waals surface area contributed by atoms with Crippen LogP contribution in [0.2, 0.25) is 0 Å². The van der Waals surface area contributed by atoms with Gasteiger partial charge in [-0.05, 0) is 6.42 Å². The van der Waals surface area contributed by atoms with E-state index in [1.165, 1.54) is 0 Å². The average Bonchev–Trinajstić information content (AvgIpc) is 2.01. The van der Waals surface area contributed by atoms with Gasteiger partial charge in [-0.1, -0.05) is 13.3 Å². The molecule has 0 aromatic heterocycles. The first-order valence-corrected chi connectivity index (χ1v) is 4.01. The lowest BCUT2D eigenvalue weighted by Crippen LogP contribution is -2.23. The SMILES string of the molecule is CCCCNC(=O)CCC=O. The van der Waals surface area contributed by atoms with Gasteiger partial charge >= 0.3 is 0 Å². The number of amides is 1. The fourth-order valence-electron chi connectivity index (χ4n) is 0.683. The lowest BCUT2D eigenvalue weighted by Gasteiger charge is -2.00. The van der Waals surface area contributed by atoms with Gasteiger partial charge in [-0.3, -0.25) is 4.79 Å². The minimum absolute atomic E-state index is 0.0226. The van der Waals surface area contributed by atoms with Crippen LogP contribution in [0.15, 0.2) is 0 Å². The van der Waals surface area contributed by atoms with Gasteiger partial charge in [0.2, 0.25) is 5.91 Å². The van der Waals surface area contributed by atoms with E-state index in [1.54, 1.807) is 0 Å². The molecule has 0 aliphatic carbocycles. The normalized spacial score (nSPS) is 9.18. The molecule has 0 spiro atoms. The van der Waals surface area contributed by atoms with Crippen LogP contribution in [0.3, 0.4) is 0 Å². The second-order valence-electron chi connectivity index (χ2n) is 2.41. The van der Waals surface area contributed by atoms with E-state index >= 15 is 0 Å². The zero-order chi connectivity index (χ0) is 8.53. The number of hydrogen-bond donors (Lipinski definition) is 1. The van der Waals surface area contributed by atoms with Crippen LogP contribution >= 0.6 is 0 Å². The fraction of sp³-hybridized carbons (Fsp3) is 0.750. The molecule has 0 saturated carbocycles. The van der Waals surface area contributed by atoms with Crippen molar-refractivity contribution in [3.8, 4) is 0 Å². The van der Waals surface area contributed by atoms with Crippen LogP contribution in [0.4, 0.5) is 0 Å². The van der Waals surface area contributed by atoms with Crippen LogP contribution in [0.25, 0.3) is 0 Å². The molecule has 1 amide bonds. The molecule has 0 aromatic rings. The predicted octanol–water partition coefficient (Wildman–Crippen LogP) is 0.882. The average molecular weight is 157 g/mol. The van der Waals surface area contributed by atoms with Crippen LogP contribution in [-0.4, -0.2) is 18.7 Å². The Hall–Kier alpha value is -0.860. The maximum atomic E-state index is 10.8. The molecule has 3 heteroatoms. The number of aldehydes is 1. The molecule has 0 bridgehead atoms. The van der Waals surface area contributed by atoms with Crippen LogP contribution in [0.1, 0.15) is 32.6 Å². The van der Waals surface area contributed by atoms with E-state index in [0.29, 0.717) is 12.8 Å². The molecular weight excluding hydrogens is 142 g/mol. The van der Waals surface area contributed by atoms with E-state index in [0.717, 1.165) is 25.7 Å². The number of carbonyl (C=O) groups excluding carboxylic acids is 2. The molecule has 0 aliphatic heterocycles. The first-order chi connectivity index (χ1) is 5.31. The molecule has 0 atom stereocenters. The Morgan fingerprint density at radius 2 is 2.27 bits per heavy atom. The Morgan fingerprint density at radius 3 is 2.82 bits per heavy atom. The van der Waals surface area contributed by atoms with Crippen molar-refractivity contribution >= 4 is 12.2 Å². The fourth-order valence-corrected chi connectivity index (χ4v) is 0.683. The standard InChI is InChI=1S/C8H15NO2/c1-2-3-6-9-8(11)5-4-7-10/h7H,2-6H2,1H3,(H,9,11). The summed E-state index contributed by atoms with van der Waals surface area (Å²) in [6.45, 7) is 2.80.